The van der Waals surface area contributed by atoms with Crippen LogP contribution in [0.2, 0.25) is 0 Å². The van der Waals surface area contributed by atoms with Crippen LogP contribution >= 0.6 is 0 Å². The molecule has 0 unspecified atom stereocenters. The van der Waals surface area contributed by atoms with Crippen molar-refractivity contribution in [2.24, 2.45) is 0 Å². The Morgan fingerprint density at radius 3 is 1.50 bits per heavy atom. The summed E-state index contributed by atoms with van der Waals surface area (Å²) in [6.45, 7) is 0. The Labute approximate surface area is 290 Å². The maximum absolute atomic E-state index is 2.48. The molecule has 0 bridgehead atoms. The standard InChI is InChI=1S/C48H32N2/c1-4-15-33(16-5-1)38-21-10-12-25-44(38)50-47-30-28-36(32-43(47)41-24-14-23-39(48(41)50)34-17-6-2-7-18-34)35-27-29-46-42(31-35)40-22-11-13-26-45(40)49(46)37-19-8-3-9-20-37/h1-32H. The molecular weight excluding hydrogens is 605 g/mol. The van der Waals surface area contributed by atoms with Gasteiger partial charge in [0, 0.05) is 38.4 Å². The van der Waals surface area contributed by atoms with Gasteiger partial charge in [-0.15, -0.1) is 0 Å². The van der Waals surface area contributed by atoms with Crippen LogP contribution in [-0.2, 0) is 0 Å². The normalized spacial score (nSPS) is 11.6. The Balaban J connectivity index is 1.23. The number of aromatic nitrogens is 2. The Bertz CT molecular complexity index is 2840. The van der Waals surface area contributed by atoms with Crippen LogP contribution in [0.3, 0.4) is 0 Å². The zero-order valence-corrected chi connectivity index (χ0v) is 27.4. The molecule has 0 radical (unpaired) electrons. The number of para-hydroxylation sites is 4. The van der Waals surface area contributed by atoms with E-state index in [-0.39, 0.29) is 0 Å². The zero-order chi connectivity index (χ0) is 33.0. The van der Waals surface area contributed by atoms with Crippen LogP contribution in [0.5, 0.6) is 0 Å². The predicted octanol–water partition coefficient (Wildman–Crippen LogP) is 12.9. The molecule has 234 valence electrons. The Morgan fingerprint density at radius 2 is 0.780 bits per heavy atom. The summed E-state index contributed by atoms with van der Waals surface area (Å²) in [6.07, 6.45) is 0. The third-order valence-electron chi connectivity index (χ3n) is 10.1. The molecule has 0 fully saturated rings. The summed E-state index contributed by atoms with van der Waals surface area (Å²) in [4.78, 5) is 0. The molecule has 10 aromatic rings. The molecule has 0 aliphatic heterocycles. The maximum Gasteiger partial charge on any atom is 0.0619 e. The van der Waals surface area contributed by atoms with Gasteiger partial charge in [-0.1, -0.05) is 146 Å². The van der Waals surface area contributed by atoms with E-state index < -0.39 is 0 Å². The summed E-state index contributed by atoms with van der Waals surface area (Å²) in [5.41, 5.74) is 14.4. The molecule has 0 spiro atoms. The van der Waals surface area contributed by atoms with Crippen molar-refractivity contribution in [1.82, 2.24) is 9.13 Å². The largest absolute Gasteiger partial charge is 0.309 e. The van der Waals surface area contributed by atoms with Gasteiger partial charge in [0.1, 0.15) is 0 Å². The molecule has 0 saturated heterocycles. The molecule has 10 rings (SSSR count). The number of hydrogen-bond acceptors (Lipinski definition) is 0. The second-order valence-corrected chi connectivity index (χ2v) is 12.9. The van der Waals surface area contributed by atoms with Crippen molar-refractivity contribution in [3.8, 4) is 44.8 Å². The van der Waals surface area contributed by atoms with Crippen molar-refractivity contribution in [2.75, 3.05) is 0 Å². The van der Waals surface area contributed by atoms with Crippen molar-refractivity contribution >= 4 is 43.6 Å². The highest BCUT2D eigenvalue weighted by Gasteiger charge is 2.20. The number of fused-ring (bicyclic) bond motifs is 6. The van der Waals surface area contributed by atoms with E-state index in [1.807, 2.05) is 0 Å². The lowest BCUT2D eigenvalue weighted by atomic mass is 9.99. The molecule has 2 nitrogen and oxygen atoms in total. The average Bonchev–Trinajstić information content (AvgIpc) is 3.71. The van der Waals surface area contributed by atoms with Gasteiger partial charge in [-0.2, -0.15) is 0 Å². The van der Waals surface area contributed by atoms with Crippen LogP contribution in [0.25, 0.3) is 88.4 Å². The van der Waals surface area contributed by atoms with Gasteiger partial charge in [-0.25, -0.2) is 0 Å². The lowest BCUT2D eigenvalue weighted by Gasteiger charge is -2.16. The summed E-state index contributed by atoms with van der Waals surface area (Å²) >= 11 is 0. The van der Waals surface area contributed by atoms with Gasteiger partial charge >= 0.3 is 0 Å². The smallest absolute Gasteiger partial charge is 0.0619 e. The molecule has 0 N–H and O–H groups in total. The molecule has 2 aromatic heterocycles. The molecular formula is C48H32N2. The van der Waals surface area contributed by atoms with Crippen LogP contribution in [0, 0.1) is 0 Å². The minimum absolute atomic E-state index is 1.17. The highest BCUT2D eigenvalue weighted by atomic mass is 15.0. The third kappa shape index (κ3) is 4.43. The zero-order valence-electron chi connectivity index (χ0n) is 27.4. The van der Waals surface area contributed by atoms with Crippen molar-refractivity contribution in [1.29, 1.82) is 0 Å². The Morgan fingerprint density at radius 1 is 0.280 bits per heavy atom. The van der Waals surface area contributed by atoms with E-state index in [2.05, 4.69) is 203 Å². The van der Waals surface area contributed by atoms with E-state index in [4.69, 9.17) is 0 Å². The first-order chi connectivity index (χ1) is 24.8. The first-order valence-electron chi connectivity index (χ1n) is 17.2. The summed E-state index contributed by atoms with van der Waals surface area (Å²) in [5.74, 6) is 0. The van der Waals surface area contributed by atoms with Crippen LogP contribution in [0.15, 0.2) is 194 Å². The minimum atomic E-state index is 1.17. The summed E-state index contributed by atoms with van der Waals surface area (Å²) < 4.78 is 4.86. The van der Waals surface area contributed by atoms with Gasteiger partial charge in [0.25, 0.3) is 0 Å². The van der Waals surface area contributed by atoms with E-state index in [0.29, 0.717) is 0 Å². The molecule has 8 aromatic carbocycles. The number of rotatable bonds is 5. The van der Waals surface area contributed by atoms with Crippen molar-refractivity contribution in [3.63, 3.8) is 0 Å². The molecule has 2 heterocycles. The summed E-state index contributed by atoms with van der Waals surface area (Å²) in [5, 5.41) is 5.00. The van der Waals surface area contributed by atoms with E-state index in [1.54, 1.807) is 0 Å². The van der Waals surface area contributed by atoms with Crippen molar-refractivity contribution < 1.29 is 0 Å². The number of benzene rings is 8. The molecule has 0 saturated carbocycles. The molecule has 0 atom stereocenters. The predicted molar refractivity (Wildman–Crippen MR) is 211 cm³/mol. The van der Waals surface area contributed by atoms with E-state index >= 15 is 0 Å². The van der Waals surface area contributed by atoms with Gasteiger partial charge in [0.15, 0.2) is 0 Å². The fraction of sp³-hybridized carbons (Fsp3) is 0. The maximum atomic E-state index is 2.48. The van der Waals surface area contributed by atoms with Crippen molar-refractivity contribution in [3.05, 3.63) is 194 Å². The van der Waals surface area contributed by atoms with Gasteiger partial charge in [0.2, 0.25) is 0 Å². The highest BCUT2D eigenvalue weighted by molar-refractivity contribution is 6.16. The van der Waals surface area contributed by atoms with Crippen LogP contribution in [-0.4, -0.2) is 9.13 Å². The van der Waals surface area contributed by atoms with Crippen LogP contribution in [0.4, 0.5) is 0 Å². The molecule has 0 aliphatic carbocycles. The molecule has 2 heteroatoms. The first-order valence-corrected chi connectivity index (χ1v) is 17.2. The lowest BCUT2D eigenvalue weighted by molar-refractivity contribution is 1.18. The van der Waals surface area contributed by atoms with E-state index in [0.717, 1.165) is 0 Å². The second kappa shape index (κ2) is 11.5. The van der Waals surface area contributed by atoms with E-state index in [9.17, 15) is 0 Å². The summed E-state index contributed by atoms with van der Waals surface area (Å²) in [6, 6.07) is 70.4. The first kappa shape index (κ1) is 28.4. The highest BCUT2D eigenvalue weighted by Crippen LogP contribution is 2.42. The molecule has 50 heavy (non-hydrogen) atoms. The molecule has 0 amide bonds. The number of nitrogens with zero attached hydrogens (tertiary/aromatic N) is 2. The Hall–Kier alpha value is -6.64. The van der Waals surface area contributed by atoms with Crippen molar-refractivity contribution in [2.45, 2.75) is 0 Å². The fourth-order valence-corrected chi connectivity index (χ4v) is 7.89. The van der Waals surface area contributed by atoms with Gasteiger partial charge in [-0.3, -0.25) is 0 Å². The van der Waals surface area contributed by atoms with Crippen LogP contribution in [0.1, 0.15) is 0 Å². The Kier molecular flexibility index (Phi) is 6.53. The minimum Gasteiger partial charge on any atom is -0.309 e. The second-order valence-electron chi connectivity index (χ2n) is 12.9. The topological polar surface area (TPSA) is 9.86 Å². The quantitative estimate of drug-likeness (QED) is 0.178. The molecule has 0 aliphatic rings. The monoisotopic (exact) mass is 636 g/mol. The average molecular weight is 637 g/mol. The fourth-order valence-electron chi connectivity index (χ4n) is 7.89. The lowest BCUT2D eigenvalue weighted by Crippen LogP contribution is -1.98. The summed E-state index contributed by atoms with van der Waals surface area (Å²) in [7, 11) is 0. The third-order valence-corrected chi connectivity index (χ3v) is 10.1. The van der Waals surface area contributed by atoms with Gasteiger partial charge < -0.3 is 9.13 Å². The number of hydrogen-bond donors (Lipinski definition) is 0. The van der Waals surface area contributed by atoms with Gasteiger partial charge in [-0.05, 0) is 70.8 Å². The SMILES string of the molecule is c1ccc(-c2ccccc2-n2c3ccc(-c4ccc5c(c4)c4ccccc4n5-c4ccccc4)cc3c3cccc(-c4ccccc4)c32)cc1. The van der Waals surface area contributed by atoms with Crippen LogP contribution < -0.4 is 0 Å². The van der Waals surface area contributed by atoms with Gasteiger partial charge in [0.05, 0.1) is 27.8 Å². The van der Waals surface area contributed by atoms with E-state index in [1.165, 1.54) is 88.4 Å².